The van der Waals surface area contributed by atoms with Crippen molar-refractivity contribution in [3.63, 3.8) is 0 Å². The van der Waals surface area contributed by atoms with Crippen LogP contribution in [0.4, 0.5) is 11.4 Å². The fourth-order valence-electron chi connectivity index (χ4n) is 2.97. The Morgan fingerprint density at radius 3 is 2.68 bits per heavy atom. The zero-order valence-corrected chi connectivity index (χ0v) is 15.1. The molecule has 1 N–H and O–H groups in total. The third-order valence-corrected chi connectivity index (χ3v) is 4.70. The lowest BCUT2D eigenvalue weighted by Gasteiger charge is -2.30. The van der Waals surface area contributed by atoms with Crippen LogP contribution in [0.3, 0.4) is 0 Å². The number of carbonyl (C=O) groups is 1. The zero-order chi connectivity index (χ0) is 17.2. The monoisotopic (exact) mass is 400 g/mol. The smallest absolute Gasteiger partial charge is 0.291 e. The Labute approximate surface area is 153 Å². The number of carbonyl (C=O) groups excluding carboxylic acids is 1. The SMILES string of the molecule is O=C(Nc1cc(Br)ccc1N1CCOCC1)c1cc2ccccc2o1. The second-order valence-corrected chi connectivity index (χ2v) is 6.78. The molecule has 2 heterocycles. The second-order valence-electron chi connectivity index (χ2n) is 5.86. The zero-order valence-electron chi connectivity index (χ0n) is 13.5. The first kappa shape index (κ1) is 16.2. The average Bonchev–Trinajstić information content (AvgIpc) is 3.07. The summed E-state index contributed by atoms with van der Waals surface area (Å²) in [4.78, 5) is 14.9. The summed E-state index contributed by atoms with van der Waals surface area (Å²) in [6.45, 7) is 2.98. The number of nitrogens with zero attached hydrogens (tertiary/aromatic N) is 1. The van der Waals surface area contributed by atoms with E-state index < -0.39 is 0 Å². The Bertz CT molecular complexity index is 883. The van der Waals surface area contributed by atoms with Gasteiger partial charge in [-0.3, -0.25) is 4.79 Å². The van der Waals surface area contributed by atoms with Crippen molar-refractivity contribution in [3.05, 3.63) is 58.8 Å². The number of hydrogen-bond donors (Lipinski definition) is 1. The summed E-state index contributed by atoms with van der Waals surface area (Å²) >= 11 is 3.48. The Morgan fingerprint density at radius 1 is 1.08 bits per heavy atom. The van der Waals surface area contributed by atoms with Crippen LogP contribution >= 0.6 is 15.9 Å². The molecule has 0 radical (unpaired) electrons. The van der Waals surface area contributed by atoms with Gasteiger partial charge in [-0.15, -0.1) is 0 Å². The van der Waals surface area contributed by atoms with Crippen molar-refractivity contribution >= 4 is 44.2 Å². The Balaban J connectivity index is 1.62. The van der Waals surface area contributed by atoms with Crippen LogP contribution in [0.1, 0.15) is 10.6 Å². The van der Waals surface area contributed by atoms with Crippen LogP contribution in [-0.4, -0.2) is 32.2 Å². The number of furan rings is 1. The number of anilines is 2. The van der Waals surface area contributed by atoms with E-state index in [9.17, 15) is 4.79 Å². The minimum atomic E-state index is -0.260. The van der Waals surface area contributed by atoms with Crippen molar-refractivity contribution in [3.8, 4) is 0 Å². The molecule has 0 spiro atoms. The highest BCUT2D eigenvalue weighted by molar-refractivity contribution is 9.10. The van der Waals surface area contributed by atoms with Gasteiger partial charge >= 0.3 is 0 Å². The molecule has 1 aliphatic heterocycles. The first-order valence-electron chi connectivity index (χ1n) is 8.13. The Kier molecular flexibility index (Phi) is 4.46. The number of para-hydroxylation sites is 1. The molecule has 1 amide bonds. The van der Waals surface area contributed by atoms with Crippen molar-refractivity contribution in [2.45, 2.75) is 0 Å². The van der Waals surface area contributed by atoms with Gasteiger partial charge in [-0.2, -0.15) is 0 Å². The van der Waals surface area contributed by atoms with Gasteiger partial charge in [0.05, 0.1) is 24.6 Å². The predicted molar refractivity (Wildman–Crippen MR) is 101 cm³/mol. The van der Waals surface area contributed by atoms with E-state index in [0.717, 1.165) is 34.3 Å². The van der Waals surface area contributed by atoms with E-state index in [2.05, 4.69) is 26.1 Å². The van der Waals surface area contributed by atoms with Gasteiger partial charge in [0.1, 0.15) is 5.58 Å². The van der Waals surface area contributed by atoms with Gasteiger partial charge in [0.25, 0.3) is 5.91 Å². The fraction of sp³-hybridized carbons (Fsp3) is 0.211. The molecule has 6 heteroatoms. The summed E-state index contributed by atoms with van der Waals surface area (Å²) in [6, 6.07) is 15.2. The first-order valence-corrected chi connectivity index (χ1v) is 8.92. The third-order valence-electron chi connectivity index (χ3n) is 4.21. The van der Waals surface area contributed by atoms with Crippen molar-refractivity contribution in [1.29, 1.82) is 0 Å². The molecule has 1 saturated heterocycles. The van der Waals surface area contributed by atoms with E-state index in [1.807, 2.05) is 42.5 Å². The van der Waals surface area contributed by atoms with E-state index >= 15 is 0 Å². The lowest BCUT2D eigenvalue weighted by Crippen LogP contribution is -2.36. The number of morpholine rings is 1. The molecular formula is C19H17BrN2O3. The molecule has 1 aromatic heterocycles. The van der Waals surface area contributed by atoms with Gasteiger partial charge in [-0.1, -0.05) is 34.1 Å². The number of hydrogen-bond acceptors (Lipinski definition) is 4. The number of halogens is 1. The van der Waals surface area contributed by atoms with E-state index in [1.165, 1.54) is 0 Å². The number of amides is 1. The van der Waals surface area contributed by atoms with Gasteiger partial charge in [0, 0.05) is 22.9 Å². The van der Waals surface area contributed by atoms with Crippen LogP contribution in [0.5, 0.6) is 0 Å². The number of nitrogens with one attached hydrogen (secondary N) is 1. The van der Waals surface area contributed by atoms with Gasteiger partial charge in [0.2, 0.25) is 0 Å². The number of rotatable bonds is 3. The van der Waals surface area contributed by atoms with Crippen LogP contribution in [0.25, 0.3) is 11.0 Å². The molecule has 0 saturated carbocycles. The van der Waals surface area contributed by atoms with Crippen molar-refractivity contribution in [2.24, 2.45) is 0 Å². The molecule has 2 aromatic carbocycles. The first-order chi connectivity index (χ1) is 12.2. The van der Waals surface area contributed by atoms with E-state index in [1.54, 1.807) is 6.07 Å². The summed E-state index contributed by atoms with van der Waals surface area (Å²) in [5.74, 6) is 0.0397. The van der Waals surface area contributed by atoms with Gasteiger partial charge in [-0.25, -0.2) is 0 Å². The molecule has 0 atom stereocenters. The van der Waals surface area contributed by atoms with Gasteiger partial charge < -0.3 is 19.4 Å². The fourth-order valence-corrected chi connectivity index (χ4v) is 3.33. The maximum Gasteiger partial charge on any atom is 0.291 e. The van der Waals surface area contributed by atoms with Crippen LogP contribution in [-0.2, 0) is 4.74 Å². The largest absolute Gasteiger partial charge is 0.451 e. The maximum atomic E-state index is 12.7. The van der Waals surface area contributed by atoms with Crippen LogP contribution in [0.15, 0.2) is 57.4 Å². The molecule has 128 valence electrons. The number of ether oxygens (including phenoxy) is 1. The molecule has 3 aromatic rings. The molecule has 5 nitrogen and oxygen atoms in total. The minimum absolute atomic E-state index is 0.260. The van der Waals surface area contributed by atoms with Gasteiger partial charge in [-0.05, 0) is 30.3 Å². The van der Waals surface area contributed by atoms with E-state index in [0.29, 0.717) is 24.6 Å². The Hall–Kier alpha value is -2.31. The molecular weight excluding hydrogens is 384 g/mol. The van der Waals surface area contributed by atoms with Crippen molar-refractivity contribution in [2.75, 3.05) is 36.5 Å². The standard InChI is InChI=1S/C19H17BrN2O3/c20-14-5-6-16(22-7-9-24-10-8-22)15(12-14)21-19(23)18-11-13-3-1-2-4-17(13)25-18/h1-6,11-12H,7-10H2,(H,21,23). The third kappa shape index (κ3) is 3.41. The minimum Gasteiger partial charge on any atom is -0.451 e. The molecule has 1 fully saturated rings. The highest BCUT2D eigenvalue weighted by atomic mass is 79.9. The summed E-state index contributed by atoms with van der Waals surface area (Å²) in [5, 5.41) is 3.89. The van der Waals surface area contributed by atoms with Crippen molar-refractivity contribution in [1.82, 2.24) is 0 Å². The molecule has 25 heavy (non-hydrogen) atoms. The summed E-state index contributed by atoms with van der Waals surface area (Å²) < 4.78 is 12.0. The molecule has 0 aliphatic carbocycles. The highest BCUT2D eigenvalue weighted by Gasteiger charge is 2.18. The molecule has 0 bridgehead atoms. The summed E-state index contributed by atoms with van der Waals surface area (Å²) in [7, 11) is 0. The molecule has 0 unspecified atom stereocenters. The molecule has 4 rings (SSSR count). The lowest BCUT2D eigenvalue weighted by molar-refractivity contribution is 0.0998. The van der Waals surface area contributed by atoms with Crippen LogP contribution in [0.2, 0.25) is 0 Å². The molecule has 1 aliphatic rings. The average molecular weight is 401 g/mol. The number of benzene rings is 2. The van der Waals surface area contributed by atoms with Gasteiger partial charge in [0.15, 0.2) is 5.76 Å². The van der Waals surface area contributed by atoms with E-state index in [-0.39, 0.29) is 5.91 Å². The maximum absolute atomic E-state index is 12.7. The topological polar surface area (TPSA) is 54.7 Å². The predicted octanol–water partition coefficient (Wildman–Crippen LogP) is 4.28. The highest BCUT2D eigenvalue weighted by Crippen LogP contribution is 2.31. The Morgan fingerprint density at radius 2 is 1.88 bits per heavy atom. The quantitative estimate of drug-likeness (QED) is 0.712. The normalized spacial score (nSPS) is 14.7. The van der Waals surface area contributed by atoms with Crippen LogP contribution < -0.4 is 10.2 Å². The van der Waals surface area contributed by atoms with Crippen molar-refractivity contribution < 1.29 is 13.9 Å². The van der Waals surface area contributed by atoms with Crippen LogP contribution in [0, 0.1) is 0 Å². The summed E-state index contributed by atoms with van der Waals surface area (Å²) in [6.07, 6.45) is 0. The summed E-state index contributed by atoms with van der Waals surface area (Å²) in [5.41, 5.74) is 2.44. The lowest BCUT2D eigenvalue weighted by atomic mass is 10.2. The second kappa shape index (κ2) is 6.90. The number of fused-ring (bicyclic) bond motifs is 1. The van der Waals surface area contributed by atoms with E-state index in [4.69, 9.17) is 9.15 Å².